The van der Waals surface area contributed by atoms with E-state index in [9.17, 15) is 9.59 Å². The highest BCUT2D eigenvalue weighted by Gasteiger charge is 2.12. The van der Waals surface area contributed by atoms with Crippen molar-refractivity contribution >= 4 is 29.2 Å². The smallest absolute Gasteiger partial charge is 0.337 e. The van der Waals surface area contributed by atoms with Crippen molar-refractivity contribution in [1.82, 2.24) is 0 Å². The number of carbonyl (C=O) groups is 2. The van der Waals surface area contributed by atoms with E-state index in [1.807, 2.05) is 0 Å². The number of nitrogens with one attached hydrogen (secondary N) is 1. The van der Waals surface area contributed by atoms with Gasteiger partial charge in [0.25, 0.3) is 5.91 Å². The summed E-state index contributed by atoms with van der Waals surface area (Å²) in [6.45, 7) is -0.237. The van der Waals surface area contributed by atoms with E-state index in [1.165, 1.54) is 32.4 Å². The zero-order valence-corrected chi connectivity index (χ0v) is 13.9. The van der Waals surface area contributed by atoms with Crippen molar-refractivity contribution in [2.24, 2.45) is 0 Å². The minimum atomic E-state index is -0.521. The standard InChI is InChI=1S/C17H16ClNO5/c1-22-14-5-3-4-6-15(14)24-10-16(20)19-13-9-11(17(21)23-2)7-8-12(13)18/h3-9H,10H2,1-2H3,(H,19,20). The van der Waals surface area contributed by atoms with Gasteiger partial charge in [0.2, 0.25) is 0 Å². The third-order valence-electron chi connectivity index (χ3n) is 3.09. The zero-order chi connectivity index (χ0) is 17.5. The van der Waals surface area contributed by atoms with Crippen LogP contribution in [0.5, 0.6) is 11.5 Å². The van der Waals surface area contributed by atoms with Crippen LogP contribution in [0.3, 0.4) is 0 Å². The van der Waals surface area contributed by atoms with E-state index < -0.39 is 11.9 Å². The van der Waals surface area contributed by atoms with Crippen LogP contribution in [0.25, 0.3) is 0 Å². The molecule has 1 amide bonds. The molecule has 1 N–H and O–H groups in total. The van der Waals surface area contributed by atoms with Crippen LogP contribution in [0.2, 0.25) is 5.02 Å². The highest BCUT2D eigenvalue weighted by atomic mass is 35.5. The summed E-state index contributed by atoms with van der Waals surface area (Å²) in [5.41, 5.74) is 0.580. The Morgan fingerprint density at radius 2 is 1.79 bits per heavy atom. The topological polar surface area (TPSA) is 73.9 Å². The molecule has 7 heteroatoms. The molecule has 0 aromatic heterocycles. The molecule has 0 saturated heterocycles. The van der Waals surface area contributed by atoms with Crippen LogP contribution < -0.4 is 14.8 Å². The van der Waals surface area contributed by atoms with E-state index in [-0.39, 0.29) is 12.2 Å². The van der Waals surface area contributed by atoms with Gasteiger partial charge in [-0.15, -0.1) is 0 Å². The van der Waals surface area contributed by atoms with Gasteiger partial charge < -0.3 is 19.5 Å². The number of para-hydroxylation sites is 2. The summed E-state index contributed by atoms with van der Waals surface area (Å²) in [6.07, 6.45) is 0. The number of anilines is 1. The molecular formula is C17H16ClNO5. The summed E-state index contributed by atoms with van der Waals surface area (Å²) in [5.74, 6) is 0.0258. The summed E-state index contributed by atoms with van der Waals surface area (Å²) < 4.78 is 15.2. The Labute approximate surface area is 144 Å². The van der Waals surface area contributed by atoms with E-state index >= 15 is 0 Å². The molecule has 24 heavy (non-hydrogen) atoms. The molecule has 0 fully saturated rings. The molecule has 6 nitrogen and oxygen atoms in total. The number of methoxy groups -OCH3 is 2. The molecule has 126 valence electrons. The predicted octanol–water partition coefficient (Wildman–Crippen LogP) is 3.15. The van der Waals surface area contributed by atoms with Gasteiger partial charge in [-0.25, -0.2) is 4.79 Å². The van der Waals surface area contributed by atoms with Gasteiger partial charge in [-0.1, -0.05) is 23.7 Å². The van der Waals surface area contributed by atoms with E-state index in [1.54, 1.807) is 24.3 Å². The van der Waals surface area contributed by atoms with E-state index in [0.717, 1.165) is 0 Å². The fourth-order valence-corrected chi connectivity index (χ4v) is 2.10. The maximum Gasteiger partial charge on any atom is 0.337 e. The van der Waals surface area contributed by atoms with Crippen LogP contribution in [0.4, 0.5) is 5.69 Å². The Kier molecular flexibility index (Phi) is 6.03. The van der Waals surface area contributed by atoms with Crippen LogP contribution in [-0.4, -0.2) is 32.7 Å². The lowest BCUT2D eigenvalue weighted by Crippen LogP contribution is -2.20. The van der Waals surface area contributed by atoms with Crippen LogP contribution in [0.15, 0.2) is 42.5 Å². The van der Waals surface area contributed by atoms with Crippen LogP contribution in [-0.2, 0) is 9.53 Å². The van der Waals surface area contributed by atoms with Crippen molar-refractivity contribution in [2.75, 3.05) is 26.1 Å². The summed E-state index contributed by atoms with van der Waals surface area (Å²) in [4.78, 5) is 23.6. The first-order chi connectivity index (χ1) is 11.5. The quantitative estimate of drug-likeness (QED) is 0.811. The summed E-state index contributed by atoms with van der Waals surface area (Å²) >= 11 is 6.03. The Hall–Kier alpha value is -2.73. The number of ether oxygens (including phenoxy) is 3. The molecule has 0 radical (unpaired) electrons. The lowest BCUT2D eigenvalue weighted by atomic mass is 10.2. The minimum absolute atomic E-state index is 0.237. The fourth-order valence-electron chi connectivity index (χ4n) is 1.93. The molecule has 0 aliphatic carbocycles. The number of benzene rings is 2. The summed E-state index contributed by atoms with van der Waals surface area (Å²) in [5, 5.41) is 2.89. The van der Waals surface area contributed by atoms with Crippen LogP contribution in [0, 0.1) is 0 Å². The average Bonchev–Trinajstić information content (AvgIpc) is 2.61. The molecule has 2 rings (SSSR count). The Morgan fingerprint density at radius 1 is 1.08 bits per heavy atom. The second kappa shape index (κ2) is 8.21. The Balaban J connectivity index is 2.03. The Bertz CT molecular complexity index is 748. The first-order valence-corrected chi connectivity index (χ1v) is 7.36. The Morgan fingerprint density at radius 3 is 2.46 bits per heavy atom. The highest BCUT2D eigenvalue weighted by molar-refractivity contribution is 6.33. The van der Waals surface area contributed by atoms with Gasteiger partial charge in [0.05, 0.1) is 30.5 Å². The van der Waals surface area contributed by atoms with Gasteiger partial charge in [-0.2, -0.15) is 0 Å². The maximum atomic E-state index is 12.0. The maximum absolute atomic E-state index is 12.0. The van der Waals surface area contributed by atoms with Gasteiger partial charge in [-0.3, -0.25) is 4.79 Å². The van der Waals surface area contributed by atoms with Gasteiger partial charge >= 0.3 is 5.97 Å². The minimum Gasteiger partial charge on any atom is -0.493 e. The molecule has 0 atom stereocenters. The molecule has 2 aromatic rings. The molecule has 0 unspecified atom stereocenters. The van der Waals surface area contributed by atoms with Crippen molar-refractivity contribution in [3.8, 4) is 11.5 Å². The first-order valence-electron chi connectivity index (χ1n) is 6.98. The third-order valence-corrected chi connectivity index (χ3v) is 3.42. The molecular weight excluding hydrogens is 334 g/mol. The van der Waals surface area contributed by atoms with Crippen molar-refractivity contribution in [1.29, 1.82) is 0 Å². The van der Waals surface area contributed by atoms with Crippen LogP contribution in [0.1, 0.15) is 10.4 Å². The number of carbonyl (C=O) groups excluding carboxylic acids is 2. The number of esters is 1. The number of rotatable bonds is 6. The van der Waals surface area contributed by atoms with E-state index in [0.29, 0.717) is 22.2 Å². The first kappa shape index (κ1) is 17.6. The monoisotopic (exact) mass is 349 g/mol. The lowest BCUT2D eigenvalue weighted by Gasteiger charge is -2.11. The summed E-state index contributed by atoms with van der Waals surface area (Å²) in [7, 11) is 2.79. The number of halogens is 1. The molecule has 0 aliphatic rings. The van der Waals surface area contributed by atoms with Gasteiger partial charge in [0, 0.05) is 0 Å². The lowest BCUT2D eigenvalue weighted by molar-refractivity contribution is -0.118. The fraction of sp³-hybridized carbons (Fsp3) is 0.176. The SMILES string of the molecule is COC(=O)c1ccc(Cl)c(NC(=O)COc2ccccc2OC)c1. The number of hydrogen-bond acceptors (Lipinski definition) is 5. The number of hydrogen-bond donors (Lipinski definition) is 1. The highest BCUT2D eigenvalue weighted by Crippen LogP contribution is 2.26. The normalized spacial score (nSPS) is 9.96. The largest absolute Gasteiger partial charge is 0.493 e. The molecule has 0 bridgehead atoms. The van der Waals surface area contributed by atoms with Gasteiger partial charge in [0.1, 0.15) is 0 Å². The van der Waals surface area contributed by atoms with E-state index in [2.05, 4.69) is 10.1 Å². The molecule has 2 aromatic carbocycles. The second-order valence-corrected chi connectivity index (χ2v) is 5.08. The van der Waals surface area contributed by atoms with Gasteiger partial charge in [-0.05, 0) is 30.3 Å². The van der Waals surface area contributed by atoms with Crippen LogP contribution >= 0.6 is 11.6 Å². The second-order valence-electron chi connectivity index (χ2n) is 4.67. The summed E-state index contributed by atoms with van der Waals surface area (Å²) in [6, 6.07) is 11.4. The molecule has 0 spiro atoms. The van der Waals surface area contributed by atoms with Crippen molar-refractivity contribution in [3.63, 3.8) is 0 Å². The molecule has 0 saturated carbocycles. The van der Waals surface area contributed by atoms with E-state index in [4.69, 9.17) is 21.1 Å². The molecule has 0 heterocycles. The zero-order valence-electron chi connectivity index (χ0n) is 13.2. The van der Waals surface area contributed by atoms with Gasteiger partial charge in [0.15, 0.2) is 18.1 Å². The van der Waals surface area contributed by atoms with Crippen molar-refractivity contribution in [3.05, 3.63) is 53.1 Å². The molecule has 0 aliphatic heterocycles. The van der Waals surface area contributed by atoms with Crippen molar-refractivity contribution < 1.29 is 23.8 Å². The van der Waals surface area contributed by atoms with Crippen molar-refractivity contribution in [2.45, 2.75) is 0 Å². The number of amides is 1. The third kappa shape index (κ3) is 4.39. The average molecular weight is 350 g/mol. The predicted molar refractivity (Wildman–Crippen MR) is 89.9 cm³/mol.